The minimum atomic E-state index is 0.672. The summed E-state index contributed by atoms with van der Waals surface area (Å²) < 4.78 is 0. The first-order valence-corrected chi connectivity index (χ1v) is 7.86. The predicted molar refractivity (Wildman–Crippen MR) is 89.6 cm³/mol. The molecule has 0 unspecified atom stereocenters. The number of hydrogen-bond acceptors (Lipinski definition) is 2. The van der Waals surface area contributed by atoms with Gasteiger partial charge < -0.3 is 5.32 Å². The van der Waals surface area contributed by atoms with Crippen LogP contribution in [0.5, 0.6) is 0 Å². The Morgan fingerprint density at radius 2 is 1.85 bits per heavy atom. The fourth-order valence-corrected chi connectivity index (χ4v) is 2.79. The molecular formula is C18H30N2. The standard InChI is InChI=1S/C18H30N2/c1-6-13-20(17(7-2)8-3)14-16-11-9-10-12-18(16)15(4)19-5/h9-12,17,19H,4,6-8,13-14H2,1-3,5H3. The van der Waals surface area contributed by atoms with E-state index < -0.39 is 0 Å². The lowest BCUT2D eigenvalue weighted by atomic mass is 10.0. The zero-order chi connectivity index (χ0) is 15.0. The summed E-state index contributed by atoms with van der Waals surface area (Å²) in [6.45, 7) is 13.1. The Morgan fingerprint density at radius 1 is 1.20 bits per heavy atom. The van der Waals surface area contributed by atoms with E-state index >= 15 is 0 Å². The molecule has 0 radical (unpaired) electrons. The zero-order valence-corrected chi connectivity index (χ0v) is 13.6. The highest BCUT2D eigenvalue weighted by Gasteiger charge is 2.16. The van der Waals surface area contributed by atoms with E-state index in [-0.39, 0.29) is 0 Å². The zero-order valence-electron chi connectivity index (χ0n) is 13.6. The Bertz CT molecular complexity index is 408. The van der Waals surface area contributed by atoms with Crippen molar-refractivity contribution < 1.29 is 0 Å². The number of nitrogens with zero attached hydrogens (tertiary/aromatic N) is 1. The van der Waals surface area contributed by atoms with Gasteiger partial charge in [0.05, 0.1) is 0 Å². The molecule has 0 saturated carbocycles. The molecule has 0 bridgehead atoms. The van der Waals surface area contributed by atoms with E-state index in [9.17, 15) is 0 Å². The van der Waals surface area contributed by atoms with E-state index in [0.29, 0.717) is 6.04 Å². The van der Waals surface area contributed by atoms with Crippen molar-refractivity contribution >= 4 is 5.70 Å². The van der Waals surface area contributed by atoms with E-state index in [0.717, 1.165) is 18.8 Å². The van der Waals surface area contributed by atoms with Gasteiger partial charge >= 0.3 is 0 Å². The molecule has 1 N–H and O–H groups in total. The first-order valence-electron chi connectivity index (χ1n) is 7.86. The second-order valence-corrected chi connectivity index (χ2v) is 5.33. The van der Waals surface area contributed by atoms with Crippen LogP contribution in [0.25, 0.3) is 5.70 Å². The van der Waals surface area contributed by atoms with Crippen LogP contribution in [0.1, 0.15) is 51.2 Å². The largest absolute Gasteiger partial charge is 0.388 e. The third-order valence-corrected chi connectivity index (χ3v) is 3.99. The molecule has 0 fully saturated rings. The third-order valence-electron chi connectivity index (χ3n) is 3.99. The lowest BCUT2D eigenvalue weighted by Crippen LogP contribution is -2.35. The molecule has 0 amide bonds. The van der Waals surface area contributed by atoms with Crippen molar-refractivity contribution in [2.24, 2.45) is 0 Å². The molecule has 0 spiro atoms. The van der Waals surface area contributed by atoms with Gasteiger partial charge in [0.15, 0.2) is 0 Å². The third kappa shape index (κ3) is 4.38. The van der Waals surface area contributed by atoms with Gasteiger partial charge in [0.1, 0.15) is 0 Å². The van der Waals surface area contributed by atoms with Crippen molar-refractivity contribution in [2.45, 2.75) is 52.6 Å². The van der Waals surface area contributed by atoms with Gasteiger partial charge in [0, 0.05) is 30.9 Å². The molecule has 0 aliphatic heterocycles. The van der Waals surface area contributed by atoms with Crippen LogP contribution in [0.2, 0.25) is 0 Å². The van der Waals surface area contributed by atoms with E-state index in [1.54, 1.807) is 0 Å². The molecule has 0 aliphatic rings. The fraction of sp³-hybridized carbons (Fsp3) is 0.556. The summed E-state index contributed by atoms with van der Waals surface area (Å²) in [6.07, 6.45) is 3.63. The minimum absolute atomic E-state index is 0.672. The second kappa shape index (κ2) is 8.80. The van der Waals surface area contributed by atoms with Gasteiger partial charge in [0.2, 0.25) is 0 Å². The summed E-state index contributed by atoms with van der Waals surface area (Å²) in [4.78, 5) is 2.61. The van der Waals surface area contributed by atoms with E-state index in [2.05, 4.69) is 61.8 Å². The van der Waals surface area contributed by atoms with Gasteiger partial charge in [-0.25, -0.2) is 0 Å². The maximum atomic E-state index is 4.11. The van der Waals surface area contributed by atoms with Crippen molar-refractivity contribution in [1.29, 1.82) is 0 Å². The van der Waals surface area contributed by atoms with Gasteiger partial charge in [-0.15, -0.1) is 0 Å². The topological polar surface area (TPSA) is 15.3 Å². The molecule has 1 aromatic rings. The minimum Gasteiger partial charge on any atom is -0.388 e. The lowest BCUT2D eigenvalue weighted by molar-refractivity contribution is 0.177. The Labute approximate surface area is 124 Å². The molecule has 0 saturated heterocycles. The smallest absolute Gasteiger partial charge is 0.0341 e. The molecule has 0 aliphatic carbocycles. The number of hydrogen-bond donors (Lipinski definition) is 1. The van der Waals surface area contributed by atoms with Gasteiger partial charge in [-0.3, -0.25) is 4.90 Å². The molecule has 2 nitrogen and oxygen atoms in total. The monoisotopic (exact) mass is 274 g/mol. The van der Waals surface area contributed by atoms with Crippen LogP contribution >= 0.6 is 0 Å². The summed E-state index contributed by atoms with van der Waals surface area (Å²) in [5.41, 5.74) is 3.61. The number of rotatable bonds is 9. The summed E-state index contributed by atoms with van der Waals surface area (Å²) in [5.74, 6) is 0. The SMILES string of the molecule is C=C(NC)c1ccccc1CN(CCC)C(CC)CC. The van der Waals surface area contributed by atoms with Gasteiger partial charge in [-0.05, 0) is 31.4 Å². The van der Waals surface area contributed by atoms with Crippen molar-refractivity contribution in [1.82, 2.24) is 10.2 Å². The quantitative estimate of drug-likeness (QED) is 0.723. The average Bonchev–Trinajstić information content (AvgIpc) is 2.48. The molecule has 1 rings (SSSR count). The van der Waals surface area contributed by atoms with Gasteiger partial charge in [-0.1, -0.05) is 51.6 Å². The van der Waals surface area contributed by atoms with Crippen LogP contribution < -0.4 is 5.32 Å². The van der Waals surface area contributed by atoms with Crippen molar-refractivity contribution in [3.05, 3.63) is 42.0 Å². The molecule has 2 heteroatoms. The van der Waals surface area contributed by atoms with E-state index in [1.807, 2.05) is 7.05 Å². The van der Waals surface area contributed by atoms with Crippen LogP contribution in [0.4, 0.5) is 0 Å². The van der Waals surface area contributed by atoms with Gasteiger partial charge in [0.25, 0.3) is 0 Å². The van der Waals surface area contributed by atoms with E-state index in [4.69, 9.17) is 0 Å². The summed E-state index contributed by atoms with van der Waals surface area (Å²) >= 11 is 0. The second-order valence-electron chi connectivity index (χ2n) is 5.33. The molecule has 0 atom stereocenters. The lowest BCUT2D eigenvalue weighted by Gasteiger charge is -2.31. The highest BCUT2D eigenvalue weighted by atomic mass is 15.1. The normalized spacial score (nSPS) is 11.1. The maximum Gasteiger partial charge on any atom is 0.0341 e. The fourth-order valence-electron chi connectivity index (χ4n) is 2.79. The molecule has 0 heterocycles. The van der Waals surface area contributed by atoms with Crippen LogP contribution in [0, 0.1) is 0 Å². The number of nitrogens with one attached hydrogen (secondary N) is 1. The average molecular weight is 274 g/mol. The number of benzene rings is 1. The van der Waals surface area contributed by atoms with Crippen LogP contribution in [0.3, 0.4) is 0 Å². The molecular weight excluding hydrogens is 244 g/mol. The summed E-state index contributed by atoms with van der Waals surface area (Å²) in [5, 5.41) is 3.17. The summed E-state index contributed by atoms with van der Waals surface area (Å²) in [6, 6.07) is 9.26. The molecule has 20 heavy (non-hydrogen) atoms. The van der Waals surface area contributed by atoms with Crippen molar-refractivity contribution in [2.75, 3.05) is 13.6 Å². The van der Waals surface area contributed by atoms with E-state index in [1.165, 1.54) is 30.4 Å². The first-order chi connectivity index (χ1) is 9.67. The Kier molecular flexibility index (Phi) is 7.38. The van der Waals surface area contributed by atoms with Crippen LogP contribution in [-0.2, 0) is 6.54 Å². The first kappa shape index (κ1) is 16.8. The Morgan fingerprint density at radius 3 is 2.40 bits per heavy atom. The highest BCUT2D eigenvalue weighted by Crippen LogP contribution is 2.20. The predicted octanol–water partition coefficient (Wildman–Crippen LogP) is 4.28. The molecule has 1 aromatic carbocycles. The molecule has 112 valence electrons. The Hall–Kier alpha value is -1.28. The van der Waals surface area contributed by atoms with Crippen molar-refractivity contribution in [3.8, 4) is 0 Å². The van der Waals surface area contributed by atoms with Crippen LogP contribution in [-0.4, -0.2) is 24.5 Å². The maximum absolute atomic E-state index is 4.11. The van der Waals surface area contributed by atoms with Crippen molar-refractivity contribution in [3.63, 3.8) is 0 Å². The molecule has 0 aromatic heterocycles. The highest BCUT2D eigenvalue weighted by molar-refractivity contribution is 5.64. The van der Waals surface area contributed by atoms with Gasteiger partial charge in [-0.2, -0.15) is 0 Å². The summed E-state index contributed by atoms with van der Waals surface area (Å²) in [7, 11) is 1.93. The van der Waals surface area contributed by atoms with Crippen LogP contribution in [0.15, 0.2) is 30.8 Å². The Balaban J connectivity index is 2.96.